The number of aliphatic hydroxyl groups is 3. The van der Waals surface area contributed by atoms with Crippen molar-refractivity contribution in [3.8, 4) is 0 Å². The van der Waals surface area contributed by atoms with Gasteiger partial charge in [0.1, 0.15) is 18.3 Å². The summed E-state index contributed by atoms with van der Waals surface area (Å²) in [5, 5.41) is 29.4. The van der Waals surface area contributed by atoms with Gasteiger partial charge in [0.25, 0.3) is 12.1 Å². The van der Waals surface area contributed by atoms with Crippen molar-refractivity contribution in [2.24, 2.45) is 59.2 Å². The Morgan fingerprint density at radius 3 is 1.53 bits per heavy atom. The molecule has 21 nitrogen and oxygen atoms in total. The maximum Gasteiger partial charge on any atom is 1.00 e. The van der Waals surface area contributed by atoms with Gasteiger partial charge in [-0.25, -0.2) is 0 Å². The first-order valence-corrected chi connectivity index (χ1v) is 35.1. The highest BCUT2D eigenvalue weighted by molar-refractivity contribution is 14.1. The second-order valence-electron chi connectivity index (χ2n) is 21.1. The highest BCUT2D eigenvalue weighted by Crippen LogP contribution is 2.42. The molecule has 468 valence electrons. The molecular formula is C50H94Al2Cl4I2O21. The highest BCUT2D eigenvalue weighted by Gasteiger charge is 2.54. The van der Waals surface area contributed by atoms with Crippen LogP contribution in [-0.2, 0) is 73.4 Å². The fourth-order valence-electron chi connectivity index (χ4n) is 9.48. The van der Waals surface area contributed by atoms with Gasteiger partial charge in [-0.15, -0.1) is 20.3 Å². The third-order valence-electron chi connectivity index (χ3n) is 16.2. The van der Waals surface area contributed by atoms with Crippen LogP contribution in [0.5, 0.6) is 0 Å². The molecule has 0 saturated carbocycles. The fraction of sp³-hybridized carbons (Fsp3) is 0.920. The normalized spacial score (nSPS) is 42.4. The predicted molar refractivity (Wildman–Crippen MR) is 297 cm³/mol. The van der Waals surface area contributed by atoms with E-state index in [2.05, 4.69) is 89.0 Å². The summed E-state index contributed by atoms with van der Waals surface area (Å²) in [5.41, 5.74) is 0. The van der Waals surface area contributed by atoms with E-state index in [1.54, 1.807) is 6.92 Å². The molecule has 29 heteroatoms. The molecule has 26 atom stereocenters. The minimum absolute atomic E-state index is 0. The van der Waals surface area contributed by atoms with Crippen molar-refractivity contribution < 1.29 is 152 Å². The Hall–Kier alpha value is 1.04. The average molecular weight is 1480 g/mol. The van der Waals surface area contributed by atoms with Gasteiger partial charge < -0.3 is 126 Å². The van der Waals surface area contributed by atoms with E-state index in [9.17, 15) is 24.9 Å². The number of carbonyl (C=O) groups excluding carboxylic acids is 4. The van der Waals surface area contributed by atoms with Gasteiger partial charge >= 0.3 is 63.9 Å². The molecule has 0 aliphatic carbocycles. The Bertz CT molecular complexity index is 1810. The monoisotopic (exact) mass is 1480 g/mol. The van der Waals surface area contributed by atoms with Crippen LogP contribution >= 0.6 is 40.5 Å². The Kier molecular flexibility index (Phi) is 43.5. The molecule has 6 fully saturated rings. The second kappa shape index (κ2) is 39.8. The zero-order chi connectivity index (χ0) is 55.6. The largest absolute Gasteiger partial charge is 1.00 e. The maximum atomic E-state index is 10.8. The van der Waals surface area contributed by atoms with E-state index < -0.39 is 49.1 Å². The van der Waals surface area contributed by atoms with Crippen LogP contribution in [0.4, 0.5) is 0 Å². The van der Waals surface area contributed by atoms with Crippen LogP contribution in [0.1, 0.15) is 141 Å². The van der Waals surface area contributed by atoms with E-state index in [1.165, 1.54) is 13.8 Å². The number of halogens is 6. The Balaban J connectivity index is -0.000000212. The van der Waals surface area contributed by atoms with Gasteiger partial charge in [0, 0.05) is 32.6 Å². The topological polar surface area (TPSA) is 291 Å². The average Bonchev–Trinajstić information content (AvgIpc) is 3.86. The van der Waals surface area contributed by atoms with Gasteiger partial charge in [-0.2, -0.15) is 20.3 Å². The van der Waals surface area contributed by atoms with E-state index in [1.807, 2.05) is 69.2 Å². The van der Waals surface area contributed by atoms with E-state index in [-0.39, 0.29) is 179 Å². The van der Waals surface area contributed by atoms with E-state index >= 15 is 0 Å². The minimum Gasteiger partial charge on any atom is -1.00 e. The lowest BCUT2D eigenvalue weighted by Crippen LogP contribution is -3.00. The van der Waals surface area contributed by atoms with E-state index in [4.69, 9.17) is 63.8 Å². The third-order valence-corrected chi connectivity index (χ3v) is 18.7. The molecule has 7 aliphatic heterocycles. The number of hydrogen-bond acceptors (Lipinski definition) is 17. The number of carbonyl (C=O) groups is 2. The van der Waals surface area contributed by atoms with Gasteiger partial charge in [0.05, 0.1) is 44.4 Å². The molecule has 0 amide bonds. The molecule has 7 N–H and O–H groups in total. The Morgan fingerprint density at radius 1 is 0.582 bits per heavy atom. The number of aliphatic hydroxyl groups excluding tert-OH is 3. The van der Waals surface area contributed by atoms with Crippen LogP contribution < -0.4 is 49.6 Å². The second-order valence-corrected chi connectivity index (χ2v) is 25.0. The van der Waals surface area contributed by atoms with Crippen molar-refractivity contribution in [3.05, 3.63) is 0 Å². The lowest BCUT2D eigenvalue weighted by molar-refractivity contribution is -0.595. The lowest BCUT2D eigenvalue weighted by atomic mass is 9.84. The molecule has 2 radical (unpaired) electrons. The van der Waals surface area contributed by atoms with Crippen LogP contribution in [0.2, 0.25) is 0 Å². The number of fused-ring (bicyclic) bond motifs is 2. The summed E-state index contributed by atoms with van der Waals surface area (Å²) >= 11 is 4.12. The molecule has 11 unspecified atom stereocenters. The summed E-state index contributed by atoms with van der Waals surface area (Å²) in [7, 11) is 0. The molecule has 0 spiro atoms. The molecule has 7 rings (SSSR count). The van der Waals surface area contributed by atoms with Crippen molar-refractivity contribution in [2.45, 2.75) is 237 Å². The van der Waals surface area contributed by atoms with Crippen molar-refractivity contribution in [1.29, 1.82) is 0 Å². The molecule has 6 saturated heterocycles. The Morgan fingerprint density at radius 2 is 1.03 bits per heavy atom. The Labute approximate surface area is 532 Å². The van der Waals surface area contributed by atoms with Crippen molar-refractivity contribution in [3.63, 3.8) is 0 Å². The van der Waals surface area contributed by atoms with Crippen LogP contribution in [0.3, 0.4) is 0 Å². The highest BCUT2D eigenvalue weighted by atomic mass is 127. The van der Waals surface area contributed by atoms with Gasteiger partial charge in [-0.05, 0) is 82.0 Å². The van der Waals surface area contributed by atoms with Gasteiger partial charge in [0.15, 0.2) is 18.7 Å². The van der Waals surface area contributed by atoms with E-state index in [0.29, 0.717) is 41.5 Å². The smallest absolute Gasteiger partial charge is 1.00 e. The summed E-state index contributed by atoms with van der Waals surface area (Å²) < 4.78 is 76.6. The van der Waals surface area contributed by atoms with Crippen molar-refractivity contribution in [1.82, 2.24) is 0 Å². The molecule has 7 aliphatic rings. The van der Waals surface area contributed by atoms with Crippen LogP contribution in [0.25, 0.3) is 0 Å². The quantitative estimate of drug-likeness (QED) is 0.0733. The summed E-state index contributed by atoms with van der Waals surface area (Å²) in [4.78, 5) is 21.5. The molecule has 79 heavy (non-hydrogen) atoms. The zero-order valence-corrected chi connectivity index (χ0v) is 58.9. The van der Waals surface area contributed by atoms with Crippen molar-refractivity contribution in [2.75, 3.05) is 0 Å². The molecular weight excluding hydrogens is 1390 g/mol. The van der Waals surface area contributed by atoms with Crippen LogP contribution in [0.15, 0.2) is 0 Å². The molecule has 0 aromatic rings. The number of ether oxygens (including phenoxy) is 10. The minimum atomic E-state index is -1.000. The standard InChI is InChI=1S/C10H17O4.3C10H18O4.C10H17O3.2Al.4ClH.2HI.2H2O/c1-5-6(2)8-9(12-7(5)3)14-10(4,11)13-8;1-5-6(2)9(14-8(4)11)10(12)13-7(5)3;2*1-5-6(2)9(12)10(13-7(5)3)14-8(4)11;1-5-6(2)9-10(11-7(5)3)13-8(4)12-9;;;;;;;;;;/h5-9H,1-4H3;3*5-7,9-10,12H,1-4H3;5-7,9-10H,1-4H3;;;6*1H;2*1H2/q-1;;;;+1;2*+2;;;;;;;;/p-4/t5-,6+,7?,8?,9-,10?;4*5-,6+,7?,9?,10-;;;;;;;;;;/m11111........../s1. The first kappa shape index (κ1) is 86.5. The molecule has 7 heterocycles. The van der Waals surface area contributed by atoms with Crippen molar-refractivity contribution >= 4 is 89.0 Å². The maximum absolute atomic E-state index is 10.8. The summed E-state index contributed by atoms with van der Waals surface area (Å²) in [6, 6.07) is 0. The predicted octanol–water partition coefficient (Wildman–Crippen LogP) is -6.56. The summed E-state index contributed by atoms with van der Waals surface area (Å²) in [5.74, 6) is 2.49. The SMILES string of the molecule is CC(=O)OC1[C@H](O)OC(C)[C@H](C)[C@@H]1C.CC(=O)O[C@H]1OC(C)[C@H](C)[C@H](C)C1O.CC([O][Al][I])=[O+][C@H]1OC(C)[C@H](C)[C@H](C)C1O.CC1=[O+][C@H]2OC(C)[C@H](C)[C@H](C)C2O1.CC1O[C@@H]2OC(C)([O][Al][I])OC2[C@@H](C)[C@H]1C.O.O.[Cl-].[Cl-].[Cl-].[Cl-].[H+].[H+]. The fourth-order valence-corrected chi connectivity index (χ4v) is 12.4. The number of esters is 3. The van der Waals surface area contributed by atoms with Gasteiger partial charge in [-0.3, -0.25) is 23.2 Å². The van der Waals surface area contributed by atoms with E-state index in [0.717, 1.165) is 0 Å². The third kappa shape index (κ3) is 24.6. The van der Waals surface area contributed by atoms with Crippen LogP contribution in [-0.4, -0.2) is 173 Å². The zero-order valence-electron chi connectivity index (χ0n) is 51.2. The summed E-state index contributed by atoms with van der Waals surface area (Å²) in [6.07, 6.45) is -4.15. The van der Waals surface area contributed by atoms with Gasteiger partial charge in [-0.1, -0.05) is 69.2 Å². The molecule has 0 aromatic carbocycles. The lowest BCUT2D eigenvalue weighted by Gasteiger charge is -2.40. The first-order valence-electron chi connectivity index (χ1n) is 25.8. The number of hydrogen-bond donors (Lipinski definition) is 3. The van der Waals surface area contributed by atoms with Crippen LogP contribution in [0, 0.1) is 59.2 Å². The molecule has 0 bridgehead atoms. The van der Waals surface area contributed by atoms with Gasteiger partial charge in [0.2, 0.25) is 6.29 Å². The number of rotatable bonds is 6. The molecule has 0 aromatic heterocycles. The first-order chi connectivity index (χ1) is 33.9. The summed E-state index contributed by atoms with van der Waals surface area (Å²) in [6.45, 7) is 38.9.